The fourth-order valence-corrected chi connectivity index (χ4v) is 1.53. The maximum absolute atomic E-state index is 13.3. The molecule has 0 amide bonds. The molecule has 2 rings (SSSR count). The molecule has 0 saturated carbocycles. The molecule has 0 radical (unpaired) electrons. The lowest BCUT2D eigenvalue weighted by atomic mass is 10.2. The van der Waals surface area contributed by atoms with E-state index in [0.29, 0.717) is 10.7 Å². The first kappa shape index (κ1) is 12.5. The number of nitrogens with one attached hydrogen (secondary N) is 1. The van der Waals surface area contributed by atoms with Gasteiger partial charge in [-0.25, -0.2) is 8.78 Å². The lowest BCUT2D eigenvalue weighted by molar-refractivity contribution is 0.582. The van der Waals surface area contributed by atoms with E-state index in [9.17, 15) is 8.78 Å². The molecule has 0 spiro atoms. The summed E-state index contributed by atoms with van der Waals surface area (Å²) < 4.78 is 25.9. The highest BCUT2D eigenvalue weighted by atomic mass is 35.5. The minimum absolute atomic E-state index is 0.200. The molecular weight excluding hydrogens is 258 g/mol. The molecule has 0 fully saturated rings. The smallest absolute Gasteiger partial charge is 0.134 e. The molecule has 0 saturated heterocycles. The number of benzene rings is 2. The molecule has 0 heterocycles. The Morgan fingerprint density at radius 2 is 1.94 bits per heavy atom. The number of hydrogen-bond acceptors (Lipinski definition) is 2. The summed E-state index contributed by atoms with van der Waals surface area (Å²) in [6.07, 6.45) is 1.27. The predicted octanol–water partition coefficient (Wildman–Crippen LogP) is 4.06. The van der Waals surface area contributed by atoms with Crippen molar-refractivity contribution in [1.29, 1.82) is 0 Å². The molecule has 1 N–H and O–H groups in total. The van der Waals surface area contributed by atoms with Crippen LogP contribution in [0.4, 0.5) is 14.5 Å². The predicted molar refractivity (Wildman–Crippen MR) is 69.0 cm³/mol. The van der Waals surface area contributed by atoms with E-state index in [4.69, 9.17) is 11.6 Å². The second kappa shape index (κ2) is 5.60. The largest absolute Gasteiger partial charge is 0.278 e. The standard InChI is InChI=1S/C13H9ClF2N2/c14-10-2-1-3-12(6-10)18-17-8-9-4-5-11(15)7-13(9)16/h1-8,18H/b17-8-. The first-order valence-electron chi connectivity index (χ1n) is 5.15. The van der Waals surface area contributed by atoms with E-state index in [1.165, 1.54) is 18.3 Å². The van der Waals surface area contributed by atoms with Gasteiger partial charge >= 0.3 is 0 Å². The number of halogens is 3. The van der Waals surface area contributed by atoms with Crippen LogP contribution in [0.3, 0.4) is 0 Å². The summed E-state index contributed by atoms with van der Waals surface area (Å²) in [6.45, 7) is 0. The zero-order chi connectivity index (χ0) is 13.0. The molecule has 0 unspecified atom stereocenters. The monoisotopic (exact) mass is 266 g/mol. The highest BCUT2D eigenvalue weighted by Gasteiger charge is 2.00. The van der Waals surface area contributed by atoms with Crippen LogP contribution in [0.2, 0.25) is 5.02 Å². The SMILES string of the molecule is Fc1ccc(/C=N\Nc2cccc(Cl)c2)c(F)c1. The van der Waals surface area contributed by atoms with Gasteiger partial charge in [-0.1, -0.05) is 17.7 Å². The summed E-state index contributed by atoms with van der Waals surface area (Å²) >= 11 is 5.79. The van der Waals surface area contributed by atoms with Gasteiger partial charge in [-0.15, -0.1) is 0 Å². The fourth-order valence-electron chi connectivity index (χ4n) is 1.34. The third kappa shape index (κ3) is 3.28. The zero-order valence-corrected chi connectivity index (χ0v) is 9.96. The Hall–Kier alpha value is -1.94. The zero-order valence-electron chi connectivity index (χ0n) is 9.20. The Kier molecular flexibility index (Phi) is 3.89. The Balaban J connectivity index is 2.07. The summed E-state index contributed by atoms with van der Waals surface area (Å²) in [4.78, 5) is 0. The van der Waals surface area contributed by atoms with E-state index in [-0.39, 0.29) is 5.56 Å². The molecule has 5 heteroatoms. The first-order valence-corrected chi connectivity index (χ1v) is 5.52. The molecule has 2 nitrogen and oxygen atoms in total. The van der Waals surface area contributed by atoms with Gasteiger partial charge in [0.1, 0.15) is 11.6 Å². The Morgan fingerprint density at radius 1 is 1.11 bits per heavy atom. The van der Waals surface area contributed by atoms with Crippen molar-refractivity contribution in [3.8, 4) is 0 Å². The van der Waals surface area contributed by atoms with Crippen molar-refractivity contribution in [2.24, 2.45) is 5.10 Å². The van der Waals surface area contributed by atoms with Crippen LogP contribution in [0.15, 0.2) is 47.6 Å². The average Bonchev–Trinajstić information content (AvgIpc) is 2.32. The van der Waals surface area contributed by atoms with E-state index in [2.05, 4.69) is 10.5 Å². The van der Waals surface area contributed by atoms with E-state index in [1.54, 1.807) is 24.3 Å². The topological polar surface area (TPSA) is 24.4 Å². The van der Waals surface area contributed by atoms with Gasteiger partial charge in [0.15, 0.2) is 0 Å². The van der Waals surface area contributed by atoms with Gasteiger partial charge in [0, 0.05) is 16.7 Å². The molecule has 2 aromatic rings. The van der Waals surface area contributed by atoms with Crippen LogP contribution in [0.25, 0.3) is 0 Å². The summed E-state index contributed by atoms with van der Waals surface area (Å²) in [5, 5.41) is 4.42. The lowest BCUT2D eigenvalue weighted by Gasteiger charge is -2.00. The Labute approximate surface area is 108 Å². The average molecular weight is 267 g/mol. The van der Waals surface area contributed by atoms with Crippen LogP contribution in [0.1, 0.15) is 5.56 Å². The van der Waals surface area contributed by atoms with Gasteiger partial charge in [-0.05, 0) is 30.3 Å². The molecule has 0 aliphatic heterocycles. The maximum atomic E-state index is 13.3. The molecule has 0 bridgehead atoms. The van der Waals surface area contributed by atoms with Crippen molar-refractivity contribution < 1.29 is 8.78 Å². The summed E-state index contributed by atoms with van der Waals surface area (Å²) in [7, 11) is 0. The van der Waals surface area contributed by atoms with Crippen molar-refractivity contribution in [2.45, 2.75) is 0 Å². The maximum Gasteiger partial charge on any atom is 0.134 e. The normalized spacial score (nSPS) is 10.8. The third-order valence-electron chi connectivity index (χ3n) is 2.18. The highest BCUT2D eigenvalue weighted by Crippen LogP contribution is 2.14. The van der Waals surface area contributed by atoms with E-state index in [0.717, 1.165) is 6.07 Å². The van der Waals surface area contributed by atoms with Gasteiger partial charge < -0.3 is 0 Å². The van der Waals surface area contributed by atoms with Crippen molar-refractivity contribution in [3.63, 3.8) is 0 Å². The summed E-state index contributed by atoms with van der Waals surface area (Å²) in [5.74, 6) is -1.28. The summed E-state index contributed by atoms with van der Waals surface area (Å²) in [5.41, 5.74) is 3.58. The van der Waals surface area contributed by atoms with Crippen LogP contribution in [-0.4, -0.2) is 6.21 Å². The Morgan fingerprint density at radius 3 is 2.67 bits per heavy atom. The van der Waals surface area contributed by atoms with Crippen molar-refractivity contribution in [3.05, 3.63) is 64.7 Å². The van der Waals surface area contributed by atoms with Crippen LogP contribution < -0.4 is 5.43 Å². The molecule has 92 valence electrons. The quantitative estimate of drug-likeness (QED) is 0.657. The summed E-state index contributed by atoms with van der Waals surface area (Å²) in [6, 6.07) is 10.2. The molecule has 0 aliphatic rings. The van der Waals surface area contributed by atoms with Crippen molar-refractivity contribution in [2.75, 3.05) is 5.43 Å². The van der Waals surface area contributed by atoms with E-state index < -0.39 is 11.6 Å². The van der Waals surface area contributed by atoms with E-state index in [1.807, 2.05) is 0 Å². The number of rotatable bonds is 3. The van der Waals surface area contributed by atoms with Gasteiger partial charge in [0.25, 0.3) is 0 Å². The van der Waals surface area contributed by atoms with Gasteiger partial charge in [0.2, 0.25) is 0 Å². The van der Waals surface area contributed by atoms with Gasteiger partial charge in [0.05, 0.1) is 11.9 Å². The van der Waals surface area contributed by atoms with E-state index >= 15 is 0 Å². The van der Waals surface area contributed by atoms with Crippen molar-refractivity contribution >= 4 is 23.5 Å². The minimum atomic E-state index is -0.661. The van der Waals surface area contributed by atoms with Gasteiger partial charge in [-0.2, -0.15) is 5.10 Å². The van der Waals surface area contributed by atoms with Crippen LogP contribution in [0, 0.1) is 11.6 Å². The van der Waals surface area contributed by atoms with Crippen molar-refractivity contribution in [1.82, 2.24) is 0 Å². The van der Waals surface area contributed by atoms with Crippen LogP contribution in [0.5, 0.6) is 0 Å². The number of hydrogen-bond donors (Lipinski definition) is 1. The van der Waals surface area contributed by atoms with Gasteiger partial charge in [-0.3, -0.25) is 5.43 Å². The molecule has 0 atom stereocenters. The molecular formula is C13H9ClF2N2. The highest BCUT2D eigenvalue weighted by molar-refractivity contribution is 6.30. The third-order valence-corrected chi connectivity index (χ3v) is 2.42. The second-order valence-electron chi connectivity index (χ2n) is 3.55. The van der Waals surface area contributed by atoms with Crippen LogP contribution in [-0.2, 0) is 0 Å². The number of anilines is 1. The fraction of sp³-hybridized carbons (Fsp3) is 0. The molecule has 18 heavy (non-hydrogen) atoms. The first-order chi connectivity index (χ1) is 8.65. The number of hydrazone groups is 1. The molecule has 0 aromatic heterocycles. The van der Waals surface area contributed by atoms with Crippen LogP contribution >= 0.6 is 11.6 Å². The number of nitrogens with zero attached hydrogens (tertiary/aromatic N) is 1. The second-order valence-corrected chi connectivity index (χ2v) is 3.98. The molecule has 0 aliphatic carbocycles. The molecule has 2 aromatic carbocycles. The lowest BCUT2D eigenvalue weighted by Crippen LogP contribution is -1.93. The minimum Gasteiger partial charge on any atom is -0.278 e. The Bertz CT molecular complexity index is 585.